The second kappa shape index (κ2) is 61.1. The number of methoxy groups -OCH3 is 4. The third kappa shape index (κ3) is 42.8. The van der Waals surface area contributed by atoms with Gasteiger partial charge in [0.05, 0.1) is 81.8 Å². The van der Waals surface area contributed by atoms with E-state index in [0.717, 1.165) is 81.1 Å². The van der Waals surface area contributed by atoms with E-state index in [1.165, 1.54) is 0 Å². The van der Waals surface area contributed by atoms with E-state index in [0.29, 0.717) is 89.7 Å². The van der Waals surface area contributed by atoms with Crippen molar-refractivity contribution in [2.45, 2.75) is 455 Å². The van der Waals surface area contributed by atoms with E-state index in [9.17, 15) is 43.0 Å². The molecular formula is C109H193BN5O29P2Si. The molecule has 1 aromatic rings. The lowest BCUT2D eigenvalue weighted by Crippen LogP contribution is -2.57. The Kier molecular flexibility index (Phi) is 57.7. The summed E-state index contributed by atoms with van der Waals surface area (Å²) in [5.74, 6) is -1.39. The molecular weight excluding hydrogens is 1940 g/mol. The minimum atomic E-state index is -1.66. The fraction of sp³-hybridized carbons (Fsp3) is 0.817. The van der Waals surface area contributed by atoms with Crippen molar-refractivity contribution in [2.75, 3.05) is 77.3 Å². The van der Waals surface area contributed by atoms with Crippen LogP contribution in [0, 0.1) is 47.3 Å². The fourth-order valence-corrected chi connectivity index (χ4v) is 21.0. The number of aliphatic hydroxyl groups is 1. The van der Waals surface area contributed by atoms with E-state index < -0.39 is 114 Å². The smallest absolute Gasteiger partial charge is 0.340 e. The van der Waals surface area contributed by atoms with E-state index >= 15 is 0 Å². The number of carbonyl (C=O) groups is 6. The number of carbonyl (C=O) groups excluding carboxylic acids is 6. The van der Waals surface area contributed by atoms with Crippen molar-refractivity contribution < 1.29 is 138 Å². The molecule has 0 aliphatic carbocycles. The Labute approximate surface area is 889 Å². The monoisotopic (exact) mass is 2140 g/mol. The van der Waals surface area contributed by atoms with E-state index in [1.54, 1.807) is 103 Å². The Bertz CT molecular complexity index is 4390. The molecule has 1 N–H and O–H groups in total. The first-order valence-electron chi connectivity index (χ1n) is 51.8. The Balaban J connectivity index is 0.000000896. The number of aromatic nitrogens is 2. The molecule has 1 aromatic heterocycles. The number of esters is 3. The summed E-state index contributed by atoms with van der Waals surface area (Å²) in [6.45, 7) is 72.3. The zero-order valence-electron chi connectivity index (χ0n) is 98.6. The number of aliphatic hydroxyl groups excluding tert-OH is 1. The summed E-state index contributed by atoms with van der Waals surface area (Å²) < 4.78 is 131. The standard InChI is InChI=1S/C26H46NO7P.C25H42NO8P.C18H32O5.C12H22O3Si.C11H21NO4.C9H18O2.C8H12N2.B/c1-12-15(2)14-26(8,30-11)22(17(4)20-18(5)23(28)34-25(6,7)33-20)32-24-21(35-29)19(27(9)10)13-16(3)31-24;1-14(13-27)12-25(7,30-10)21(16(3)19-17(4)22(28)34-24(5,6)33-19)32-23-20(35-29)18(26(8)9)11-15(2)31-23;1-9-11(2)10-18(7,21-8)15(19)12(3)14-13(4)16(20)23-17(5,6)22-14;1-8-10-9(2)11(15-16(5,6)7)14-12(3,4)13-10;1-8-5-11(12(3)4)10(9(2)16-8)6-14-15-7-13;1-5-8(2)6-9(3,7-10)11-4;1-8(2,3)7-9-5-4-6-10-7;/h15-17,19,21-22,24H,12-14H2,1-11H3;13-16,18,20-21,23H,11-12H2,1-10H3;11-12,15,19H,9-10H2,1-8H3;8H,1-7H3;7-11H,5-6H2,1-4H3;7-8H,5-6H2,1-4H3;4-6H,1-3H3;/b;;;10-8-;;;;/t15-,16+,17+,19?,21+,22+,24-,26+;14-,15-,16-,18?,20-,21-,23+,25-;11-,12+,15+,18+;;8-,9?,10+,11?;8-,9+;;/m010.10../s1. The van der Waals surface area contributed by atoms with Crippen molar-refractivity contribution >= 4 is 70.6 Å². The number of nitrogens with zero attached hydrogens (tertiary/aromatic N) is 5. The molecule has 7 aliphatic rings. The van der Waals surface area contributed by atoms with Crippen molar-refractivity contribution in [3.8, 4) is 0 Å². The Morgan fingerprint density at radius 2 is 0.871 bits per heavy atom. The summed E-state index contributed by atoms with van der Waals surface area (Å²) in [7, 11) is 16.6. The van der Waals surface area contributed by atoms with Crippen LogP contribution < -0.4 is 0 Å². The lowest BCUT2D eigenvalue weighted by Gasteiger charge is -2.47. The molecule has 8 heterocycles. The van der Waals surface area contributed by atoms with Crippen molar-refractivity contribution in [3.05, 3.63) is 81.6 Å². The van der Waals surface area contributed by atoms with Gasteiger partial charge in [0.1, 0.15) is 58.7 Å². The van der Waals surface area contributed by atoms with Gasteiger partial charge in [0.25, 0.3) is 5.95 Å². The predicted octanol–water partition coefficient (Wildman–Crippen LogP) is 20.5. The molecule has 3 fully saturated rings. The first-order valence-corrected chi connectivity index (χ1v) is 57.0. The molecule has 0 saturated carbocycles. The highest BCUT2D eigenvalue weighted by Crippen LogP contribution is 2.47. The number of allylic oxidation sites excluding steroid dienone is 2. The molecule has 4 unspecified atom stereocenters. The van der Waals surface area contributed by atoms with Crippen LogP contribution in [-0.4, -0.2) is 291 Å². The van der Waals surface area contributed by atoms with Gasteiger partial charge in [-0.2, -0.15) is 4.89 Å². The van der Waals surface area contributed by atoms with Crippen molar-refractivity contribution in [1.82, 2.24) is 24.7 Å². The summed E-state index contributed by atoms with van der Waals surface area (Å²) in [6, 6.07) is 2.22. The van der Waals surface area contributed by atoms with Gasteiger partial charge in [-0.15, -0.1) is 0 Å². The number of hydrogen-bond acceptors (Lipinski definition) is 34. The second-order valence-electron chi connectivity index (χ2n) is 45.8. The maximum atomic E-state index is 12.6. The van der Waals surface area contributed by atoms with Crippen LogP contribution in [0.1, 0.15) is 305 Å². The number of ether oxygens (including phenoxy) is 17. The molecule has 0 bridgehead atoms. The van der Waals surface area contributed by atoms with Crippen molar-refractivity contribution in [2.24, 2.45) is 47.3 Å². The van der Waals surface area contributed by atoms with E-state index in [-0.39, 0.29) is 96.6 Å². The quantitative estimate of drug-likeness (QED) is 0.00930. The number of cyclic esters (lactones) is 3. The van der Waals surface area contributed by atoms with Crippen LogP contribution in [0.2, 0.25) is 19.6 Å². The van der Waals surface area contributed by atoms with Gasteiger partial charge in [-0.1, -0.05) is 109 Å². The van der Waals surface area contributed by atoms with Gasteiger partial charge in [-0.25, -0.2) is 24.4 Å². The maximum absolute atomic E-state index is 12.6. The van der Waals surface area contributed by atoms with Crippen LogP contribution in [0.15, 0.2) is 75.8 Å². The van der Waals surface area contributed by atoms with Gasteiger partial charge in [-0.05, 0) is 227 Å². The highest BCUT2D eigenvalue weighted by atomic mass is 31.1. The highest BCUT2D eigenvalue weighted by molar-refractivity contribution is 7.25. The lowest BCUT2D eigenvalue weighted by atomic mass is 9.80. The normalized spacial score (nSPS) is 27.3. The molecule has 3 radical (unpaired) electrons. The third-order valence-corrected chi connectivity index (χ3v) is 30.2. The average molecular weight is 2140 g/mol. The zero-order valence-corrected chi connectivity index (χ0v) is 101. The van der Waals surface area contributed by atoms with Crippen LogP contribution in [0.4, 0.5) is 0 Å². The maximum Gasteiger partial charge on any atom is 0.340 e. The van der Waals surface area contributed by atoms with Gasteiger partial charge in [0.2, 0.25) is 31.5 Å². The summed E-state index contributed by atoms with van der Waals surface area (Å²) >= 11 is 0. The van der Waals surface area contributed by atoms with Gasteiger partial charge in [0, 0.05) is 158 Å². The average Bonchev–Trinajstić information content (AvgIpc) is 0.770. The Morgan fingerprint density at radius 3 is 1.20 bits per heavy atom. The molecule has 147 heavy (non-hydrogen) atoms. The van der Waals surface area contributed by atoms with Crippen LogP contribution in [-0.2, 0) is 138 Å². The molecule has 845 valence electrons. The van der Waals surface area contributed by atoms with Gasteiger partial charge >= 0.3 is 24.4 Å². The van der Waals surface area contributed by atoms with E-state index in [1.807, 2.05) is 163 Å². The summed E-state index contributed by atoms with van der Waals surface area (Å²) in [4.78, 5) is 93.1. The SMILES string of the molecule is C/C=C1\OC(C)(C)OC(O[Si](C)(C)C)=C1C.CC(C)(C)c1ncccn1.CC1O[C@H](C)CC(N(C)C)[C@H]1COOC=O.CC[C@H](C)C[C@@](C)(OC)[C@H](O)[C@H](C)C1=C(C)C(=O)OC(C)(C)O1.CC[C@H](C)C[C@@](C)(OC)[C@H](O[C@@H]1O[C@H](C)CC(N(C)C)[C@H]1P=O)[C@H](C)C1=C(C)C(=O)OC(C)(C)O1.CC[C@H](C)C[C@](C)(C=O)OC.CO[C@](C)(C[C@@H](C)C=O)[C@H](O[C@@H]1O[C@H](C)CC(N(C)C)[C@H]1P=O)[C@H](C)C1=C(C)C(=O)OC(C)(C)O1.[B]. The molecule has 26 atom stereocenters. The molecule has 38 heteroatoms. The van der Waals surface area contributed by atoms with Crippen molar-refractivity contribution in [3.63, 3.8) is 0 Å². The van der Waals surface area contributed by atoms with E-state index in [4.69, 9.17) is 89.8 Å². The molecule has 7 aliphatic heterocycles. The largest absolute Gasteiger partial charge is 0.519 e. The van der Waals surface area contributed by atoms with Crippen LogP contribution >= 0.6 is 16.9 Å². The summed E-state index contributed by atoms with van der Waals surface area (Å²) in [5.41, 5.74) is -1.61. The first-order chi connectivity index (χ1) is 67.2. The number of rotatable bonds is 41. The predicted molar refractivity (Wildman–Crippen MR) is 573 cm³/mol. The fourth-order valence-electron chi connectivity index (χ4n) is 18.7. The minimum Gasteiger partial charge on any atom is -0.519 e. The number of aldehydes is 2. The van der Waals surface area contributed by atoms with Crippen LogP contribution in [0.25, 0.3) is 0 Å². The van der Waals surface area contributed by atoms with Gasteiger partial charge < -0.3 is 119 Å². The van der Waals surface area contributed by atoms with E-state index in [2.05, 4.69) is 114 Å². The molecule has 8 rings (SSSR count). The molecule has 34 nitrogen and oxygen atoms in total. The van der Waals surface area contributed by atoms with Gasteiger partial charge in [-0.3, -0.25) is 13.9 Å². The van der Waals surface area contributed by atoms with Gasteiger partial charge in [0.15, 0.2) is 35.8 Å². The zero-order chi connectivity index (χ0) is 113. The Hall–Kier alpha value is -6.28. The molecule has 0 amide bonds. The molecule has 0 spiro atoms. The first kappa shape index (κ1) is 139. The number of hydrogen-bond donors (Lipinski definition) is 1. The van der Waals surface area contributed by atoms with Crippen LogP contribution in [0.3, 0.4) is 0 Å². The third-order valence-electron chi connectivity index (χ3n) is 27.8. The second-order valence-corrected chi connectivity index (χ2v) is 51.9. The molecule has 0 aromatic carbocycles. The van der Waals surface area contributed by atoms with Crippen LogP contribution in [0.5, 0.6) is 0 Å². The summed E-state index contributed by atoms with van der Waals surface area (Å²) in [5, 5.41) is 10.9. The summed E-state index contributed by atoms with van der Waals surface area (Å²) in [6.07, 6.45) is 12.0. The lowest BCUT2D eigenvalue weighted by molar-refractivity contribution is -0.276. The molecule has 3 saturated heterocycles. The topological polar surface area (TPSA) is 377 Å². The Morgan fingerprint density at radius 1 is 0.510 bits per heavy atom. The highest BCUT2D eigenvalue weighted by Gasteiger charge is 2.54. The van der Waals surface area contributed by atoms with Crippen molar-refractivity contribution in [1.29, 1.82) is 0 Å². The minimum absolute atomic E-state index is 0.